The van der Waals surface area contributed by atoms with Gasteiger partial charge < -0.3 is 10.1 Å². The van der Waals surface area contributed by atoms with Gasteiger partial charge in [-0.2, -0.15) is 0 Å². The lowest BCUT2D eigenvalue weighted by molar-refractivity contribution is -0.138. The first kappa shape index (κ1) is 14.1. The van der Waals surface area contributed by atoms with Crippen molar-refractivity contribution < 1.29 is 14.3 Å². The molecule has 1 aliphatic rings. The van der Waals surface area contributed by atoms with Gasteiger partial charge in [0.2, 0.25) is 0 Å². The van der Waals surface area contributed by atoms with E-state index in [1.807, 2.05) is 27.7 Å². The molecule has 0 aromatic rings. The molecule has 88 valence electrons. The lowest BCUT2D eigenvalue weighted by atomic mass is 10.1. The molecule has 0 aliphatic carbocycles. The fraction of sp³-hybridized carbons (Fsp3) is 0.818. The van der Waals surface area contributed by atoms with Gasteiger partial charge in [-0.15, -0.1) is 0 Å². The maximum Gasteiger partial charge on any atom is 0.293 e. The SMILES string of the molecule is CC(C)(C)OC=O.CC1CC(=O)CCN1. The number of carbonyl (C=O) groups excluding carboxylic acids is 2. The number of nitrogens with one attached hydrogen (secondary N) is 1. The highest BCUT2D eigenvalue weighted by molar-refractivity contribution is 5.79. The lowest BCUT2D eigenvalue weighted by Gasteiger charge is -2.17. The molecule has 0 spiro atoms. The van der Waals surface area contributed by atoms with E-state index in [2.05, 4.69) is 10.1 Å². The van der Waals surface area contributed by atoms with Crippen molar-refractivity contribution in [2.75, 3.05) is 6.54 Å². The van der Waals surface area contributed by atoms with Crippen molar-refractivity contribution in [1.29, 1.82) is 0 Å². The Balaban J connectivity index is 0.000000265. The van der Waals surface area contributed by atoms with Crippen LogP contribution < -0.4 is 5.32 Å². The van der Waals surface area contributed by atoms with E-state index in [4.69, 9.17) is 0 Å². The topological polar surface area (TPSA) is 55.4 Å². The van der Waals surface area contributed by atoms with Crippen LogP contribution in [0.15, 0.2) is 0 Å². The number of carbonyl (C=O) groups is 2. The number of ether oxygens (including phenoxy) is 1. The average molecular weight is 215 g/mol. The van der Waals surface area contributed by atoms with Gasteiger partial charge in [-0.1, -0.05) is 0 Å². The molecule has 1 heterocycles. The third-order valence-electron chi connectivity index (χ3n) is 1.83. The van der Waals surface area contributed by atoms with Gasteiger partial charge in [0.15, 0.2) is 0 Å². The van der Waals surface area contributed by atoms with Crippen molar-refractivity contribution in [3.63, 3.8) is 0 Å². The van der Waals surface area contributed by atoms with Gasteiger partial charge in [0.25, 0.3) is 6.47 Å². The second kappa shape index (κ2) is 6.56. The molecule has 1 atom stereocenters. The summed E-state index contributed by atoms with van der Waals surface area (Å²) in [6.45, 7) is 8.83. The zero-order valence-electron chi connectivity index (χ0n) is 10.0. The van der Waals surface area contributed by atoms with Crippen LogP contribution in [0.25, 0.3) is 0 Å². The molecule has 0 saturated carbocycles. The summed E-state index contributed by atoms with van der Waals surface area (Å²) >= 11 is 0. The van der Waals surface area contributed by atoms with Crippen molar-refractivity contribution in [3.8, 4) is 0 Å². The number of piperidine rings is 1. The fourth-order valence-electron chi connectivity index (χ4n) is 1.12. The molecule has 0 radical (unpaired) electrons. The maximum atomic E-state index is 10.6. The Bertz CT molecular complexity index is 208. The molecule has 1 rings (SSSR count). The minimum Gasteiger partial charge on any atom is -0.462 e. The van der Waals surface area contributed by atoms with Gasteiger partial charge in [-0.05, 0) is 27.7 Å². The first-order valence-electron chi connectivity index (χ1n) is 5.21. The number of rotatable bonds is 1. The summed E-state index contributed by atoms with van der Waals surface area (Å²) in [4.78, 5) is 20.2. The van der Waals surface area contributed by atoms with Gasteiger partial charge in [0, 0.05) is 25.4 Å². The minimum atomic E-state index is -0.318. The Morgan fingerprint density at radius 3 is 2.27 bits per heavy atom. The summed E-state index contributed by atoms with van der Waals surface area (Å²) in [5.41, 5.74) is -0.318. The van der Waals surface area contributed by atoms with E-state index >= 15 is 0 Å². The van der Waals surface area contributed by atoms with Crippen LogP contribution in [0.3, 0.4) is 0 Å². The first-order chi connectivity index (χ1) is 6.85. The molecule has 1 fully saturated rings. The van der Waals surface area contributed by atoms with E-state index in [0.29, 0.717) is 18.3 Å². The van der Waals surface area contributed by atoms with Crippen molar-refractivity contribution in [2.24, 2.45) is 0 Å². The van der Waals surface area contributed by atoms with Crippen LogP contribution in [0.5, 0.6) is 0 Å². The lowest BCUT2D eigenvalue weighted by Crippen LogP contribution is -2.35. The van der Waals surface area contributed by atoms with Crippen molar-refractivity contribution in [1.82, 2.24) is 5.32 Å². The van der Waals surface area contributed by atoms with E-state index in [9.17, 15) is 9.59 Å². The highest BCUT2D eigenvalue weighted by Gasteiger charge is 2.13. The zero-order chi connectivity index (χ0) is 11.9. The monoisotopic (exact) mass is 215 g/mol. The van der Waals surface area contributed by atoms with Crippen molar-refractivity contribution in [3.05, 3.63) is 0 Å². The molecule has 0 aromatic carbocycles. The molecule has 0 aromatic heterocycles. The highest BCUT2D eigenvalue weighted by atomic mass is 16.5. The van der Waals surface area contributed by atoms with Crippen LogP contribution in [0.4, 0.5) is 0 Å². The predicted octanol–water partition coefficient (Wildman–Crippen LogP) is 1.29. The van der Waals surface area contributed by atoms with E-state index in [-0.39, 0.29) is 5.60 Å². The maximum absolute atomic E-state index is 10.6. The quantitative estimate of drug-likeness (QED) is 0.670. The summed E-state index contributed by atoms with van der Waals surface area (Å²) in [5.74, 6) is 0.399. The van der Waals surface area contributed by atoms with Gasteiger partial charge >= 0.3 is 0 Å². The largest absolute Gasteiger partial charge is 0.462 e. The predicted molar refractivity (Wildman–Crippen MR) is 58.6 cm³/mol. The number of Topliss-reactive ketones (excluding diaryl/α,β-unsaturated/α-hetero) is 1. The van der Waals surface area contributed by atoms with Gasteiger partial charge in [-0.3, -0.25) is 9.59 Å². The van der Waals surface area contributed by atoms with Gasteiger partial charge in [0.05, 0.1) is 0 Å². The number of ketones is 1. The molecule has 1 saturated heterocycles. The Kier molecular flexibility index (Phi) is 6.17. The van der Waals surface area contributed by atoms with E-state index in [0.717, 1.165) is 19.4 Å². The van der Waals surface area contributed by atoms with Crippen LogP contribution >= 0.6 is 0 Å². The smallest absolute Gasteiger partial charge is 0.293 e. The minimum absolute atomic E-state index is 0.318. The van der Waals surface area contributed by atoms with Gasteiger partial charge in [-0.25, -0.2) is 0 Å². The molecule has 1 N–H and O–H groups in total. The normalized spacial score (nSPS) is 21.3. The van der Waals surface area contributed by atoms with E-state index in [1.54, 1.807) is 0 Å². The first-order valence-corrected chi connectivity index (χ1v) is 5.21. The van der Waals surface area contributed by atoms with E-state index in [1.165, 1.54) is 0 Å². The van der Waals surface area contributed by atoms with Crippen molar-refractivity contribution >= 4 is 12.3 Å². The molecule has 1 unspecified atom stereocenters. The third kappa shape index (κ3) is 9.41. The van der Waals surface area contributed by atoms with Crippen LogP contribution in [-0.4, -0.2) is 30.4 Å². The molecular formula is C11H21NO3. The summed E-state index contributed by atoms with van der Waals surface area (Å²) < 4.78 is 4.55. The van der Waals surface area contributed by atoms with Crippen LogP contribution in [0.1, 0.15) is 40.5 Å². The molecule has 1 aliphatic heterocycles. The third-order valence-corrected chi connectivity index (χ3v) is 1.83. The second-order valence-electron chi connectivity index (χ2n) is 4.67. The second-order valence-corrected chi connectivity index (χ2v) is 4.67. The Morgan fingerprint density at radius 2 is 2.07 bits per heavy atom. The Morgan fingerprint density at radius 1 is 1.47 bits per heavy atom. The summed E-state index contributed by atoms with van der Waals surface area (Å²) in [7, 11) is 0. The van der Waals surface area contributed by atoms with E-state index < -0.39 is 0 Å². The zero-order valence-corrected chi connectivity index (χ0v) is 10.0. The standard InChI is InChI=1S/C6H11NO.C5H10O2/c1-5-4-6(8)2-3-7-5;1-5(2,3)7-4-6/h5,7H,2-4H2,1H3;4H,1-3H3. The fourth-order valence-corrected chi connectivity index (χ4v) is 1.12. The van der Waals surface area contributed by atoms with Crippen LogP contribution in [0, 0.1) is 0 Å². The average Bonchev–Trinajstić information content (AvgIpc) is 2.01. The molecular weight excluding hydrogens is 194 g/mol. The molecule has 0 amide bonds. The molecule has 4 nitrogen and oxygen atoms in total. The summed E-state index contributed by atoms with van der Waals surface area (Å²) in [6.07, 6.45) is 1.45. The molecule has 0 bridgehead atoms. The highest BCUT2D eigenvalue weighted by Crippen LogP contribution is 2.02. The van der Waals surface area contributed by atoms with Crippen LogP contribution in [0.2, 0.25) is 0 Å². The van der Waals surface area contributed by atoms with Crippen molar-refractivity contribution in [2.45, 2.75) is 52.2 Å². The summed E-state index contributed by atoms with van der Waals surface area (Å²) in [6, 6.07) is 0.413. The van der Waals surface area contributed by atoms with Crippen LogP contribution in [-0.2, 0) is 14.3 Å². The Labute approximate surface area is 91.4 Å². The molecule has 4 heteroatoms. The van der Waals surface area contributed by atoms with Gasteiger partial charge in [0.1, 0.15) is 11.4 Å². The molecule has 15 heavy (non-hydrogen) atoms. The number of hydrogen-bond donors (Lipinski definition) is 1. The summed E-state index contributed by atoms with van der Waals surface area (Å²) in [5, 5.41) is 3.19. The number of hydrogen-bond acceptors (Lipinski definition) is 4. The Hall–Kier alpha value is -0.900.